The average Bonchev–Trinajstić information content (AvgIpc) is 2.33. The van der Waals surface area contributed by atoms with Crippen LogP contribution in [0.3, 0.4) is 0 Å². The summed E-state index contributed by atoms with van der Waals surface area (Å²) in [6.07, 6.45) is -0.985. The molecule has 0 saturated heterocycles. The number of ether oxygens (including phenoxy) is 1. The Morgan fingerprint density at radius 2 is 2.00 bits per heavy atom. The molecule has 104 valence electrons. The molecule has 0 heterocycles. The molecule has 0 aliphatic rings. The summed E-state index contributed by atoms with van der Waals surface area (Å²) in [4.78, 5) is 22.5. The number of rotatable bonds is 5. The number of hydrogen-bond acceptors (Lipinski definition) is 4. The Labute approximate surface area is 107 Å². The van der Waals surface area contributed by atoms with Gasteiger partial charge in [-0.3, -0.25) is 9.59 Å². The summed E-state index contributed by atoms with van der Waals surface area (Å²) in [6.45, 7) is -0.117. The van der Waals surface area contributed by atoms with E-state index in [2.05, 4.69) is 5.32 Å². The first-order valence-corrected chi connectivity index (χ1v) is 5.23. The fourth-order valence-corrected chi connectivity index (χ4v) is 1.36. The van der Waals surface area contributed by atoms with Crippen molar-refractivity contribution in [1.82, 2.24) is 0 Å². The van der Waals surface area contributed by atoms with Crippen LogP contribution in [0.15, 0.2) is 12.1 Å². The van der Waals surface area contributed by atoms with Gasteiger partial charge in [0.15, 0.2) is 0 Å². The van der Waals surface area contributed by atoms with Crippen LogP contribution in [0.2, 0.25) is 0 Å². The van der Waals surface area contributed by atoms with Crippen molar-refractivity contribution in [2.75, 3.05) is 19.0 Å². The van der Waals surface area contributed by atoms with Crippen molar-refractivity contribution >= 4 is 17.5 Å². The van der Waals surface area contributed by atoms with Crippen LogP contribution < -0.4 is 16.8 Å². The van der Waals surface area contributed by atoms with Gasteiger partial charge in [-0.1, -0.05) is 0 Å². The average molecular weight is 273 g/mol. The molecular weight excluding hydrogens is 260 g/mol. The van der Waals surface area contributed by atoms with E-state index in [-0.39, 0.29) is 12.2 Å². The monoisotopic (exact) mass is 273 g/mol. The van der Waals surface area contributed by atoms with Crippen LogP contribution >= 0.6 is 0 Å². The molecular formula is C11H13F2N3O3. The molecule has 1 aromatic carbocycles. The van der Waals surface area contributed by atoms with Crippen LogP contribution in [-0.4, -0.2) is 31.6 Å². The Morgan fingerprint density at radius 3 is 2.47 bits per heavy atom. The number of halogens is 2. The number of anilines is 1. The third-order valence-corrected chi connectivity index (χ3v) is 2.37. The highest BCUT2D eigenvalue weighted by molar-refractivity contribution is 5.98. The van der Waals surface area contributed by atoms with Gasteiger partial charge in [0.25, 0.3) is 11.8 Å². The zero-order chi connectivity index (χ0) is 14.6. The third-order valence-electron chi connectivity index (χ3n) is 2.37. The summed E-state index contributed by atoms with van der Waals surface area (Å²) < 4.78 is 31.4. The quantitative estimate of drug-likeness (QED) is 0.700. The van der Waals surface area contributed by atoms with Crippen molar-refractivity contribution in [2.24, 2.45) is 11.5 Å². The third kappa shape index (κ3) is 3.46. The smallest absolute Gasteiger partial charge is 0.254 e. The molecule has 0 spiro atoms. The summed E-state index contributed by atoms with van der Waals surface area (Å²) >= 11 is 0. The second kappa shape index (κ2) is 6.21. The van der Waals surface area contributed by atoms with E-state index in [1.807, 2.05) is 0 Å². The molecule has 19 heavy (non-hydrogen) atoms. The van der Waals surface area contributed by atoms with Crippen LogP contribution in [0.5, 0.6) is 0 Å². The second-order valence-electron chi connectivity index (χ2n) is 3.63. The predicted octanol–water partition coefficient (Wildman–Crippen LogP) is -0.0241. The minimum absolute atomic E-state index is 0.117. The van der Waals surface area contributed by atoms with Crippen LogP contribution in [0.4, 0.5) is 14.5 Å². The largest absolute Gasteiger partial charge is 0.370 e. The number of amides is 2. The molecule has 2 amide bonds. The minimum atomic E-state index is -1.11. The van der Waals surface area contributed by atoms with E-state index >= 15 is 0 Å². The van der Waals surface area contributed by atoms with Gasteiger partial charge in [-0.25, -0.2) is 8.78 Å². The topological polar surface area (TPSA) is 107 Å². The van der Waals surface area contributed by atoms with Gasteiger partial charge in [0.1, 0.15) is 17.7 Å². The van der Waals surface area contributed by atoms with E-state index in [0.717, 1.165) is 6.07 Å². The van der Waals surface area contributed by atoms with E-state index in [4.69, 9.17) is 16.2 Å². The molecule has 0 bridgehead atoms. The number of methoxy groups -OCH3 is 1. The van der Waals surface area contributed by atoms with Gasteiger partial charge in [-0.05, 0) is 6.07 Å². The lowest BCUT2D eigenvalue weighted by atomic mass is 10.1. The molecule has 0 aliphatic carbocycles. The van der Waals surface area contributed by atoms with Crippen molar-refractivity contribution in [2.45, 2.75) is 6.10 Å². The minimum Gasteiger partial charge on any atom is -0.370 e. The number of carbonyl (C=O) groups is 2. The lowest BCUT2D eigenvalue weighted by Gasteiger charge is -2.14. The number of benzene rings is 1. The number of carbonyl (C=O) groups excluding carboxylic acids is 2. The van der Waals surface area contributed by atoms with Gasteiger partial charge in [0, 0.05) is 19.7 Å². The highest BCUT2D eigenvalue weighted by Crippen LogP contribution is 2.19. The fourth-order valence-electron chi connectivity index (χ4n) is 1.36. The Hall–Kier alpha value is -2.06. The van der Waals surface area contributed by atoms with Crippen molar-refractivity contribution in [3.63, 3.8) is 0 Å². The van der Waals surface area contributed by atoms with Crippen molar-refractivity contribution in [3.05, 3.63) is 29.3 Å². The van der Waals surface area contributed by atoms with E-state index in [1.165, 1.54) is 7.11 Å². The van der Waals surface area contributed by atoms with Crippen molar-refractivity contribution < 1.29 is 23.1 Å². The van der Waals surface area contributed by atoms with Gasteiger partial charge >= 0.3 is 0 Å². The first kappa shape index (κ1) is 15.0. The van der Waals surface area contributed by atoms with Crippen molar-refractivity contribution in [3.8, 4) is 0 Å². The highest BCUT2D eigenvalue weighted by Gasteiger charge is 2.19. The number of primary amides is 1. The molecule has 0 aliphatic heterocycles. The SMILES string of the molecule is COC(CN)C(=O)Nc1cc(C(N)=O)c(F)cc1F. The maximum absolute atomic E-state index is 13.4. The summed E-state index contributed by atoms with van der Waals surface area (Å²) in [7, 11) is 1.26. The normalized spacial score (nSPS) is 12.0. The fraction of sp³-hybridized carbons (Fsp3) is 0.273. The van der Waals surface area contributed by atoms with Crippen LogP contribution in [0, 0.1) is 11.6 Å². The second-order valence-corrected chi connectivity index (χ2v) is 3.63. The summed E-state index contributed by atoms with van der Waals surface area (Å²) in [6, 6.07) is 1.27. The van der Waals surface area contributed by atoms with E-state index in [0.29, 0.717) is 6.07 Å². The zero-order valence-electron chi connectivity index (χ0n) is 10.1. The van der Waals surface area contributed by atoms with E-state index < -0.39 is 35.1 Å². The molecule has 1 rings (SSSR count). The Balaban J connectivity index is 3.04. The molecule has 1 aromatic rings. The van der Waals surface area contributed by atoms with Gasteiger partial charge in [0.05, 0.1) is 11.3 Å². The van der Waals surface area contributed by atoms with E-state index in [1.54, 1.807) is 0 Å². The number of nitrogens with one attached hydrogen (secondary N) is 1. The molecule has 0 radical (unpaired) electrons. The van der Waals surface area contributed by atoms with Gasteiger partial charge < -0.3 is 21.5 Å². The summed E-state index contributed by atoms with van der Waals surface area (Å²) in [5, 5.41) is 2.14. The zero-order valence-corrected chi connectivity index (χ0v) is 10.1. The lowest BCUT2D eigenvalue weighted by molar-refractivity contribution is -0.125. The predicted molar refractivity (Wildman–Crippen MR) is 63.4 cm³/mol. The first-order chi connectivity index (χ1) is 8.90. The lowest BCUT2D eigenvalue weighted by Crippen LogP contribution is -2.36. The first-order valence-electron chi connectivity index (χ1n) is 5.23. The van der Waals surface area contributed by atoms with Gasteiger partial charge in [-0.15, -0.1) is 0 Å². The van der Waals surface area contributed by atoms with E-state index in [9.17, 15) is 18.4 Å². The maximum Gasteiger partial charge on any atom is 0.254 e. The van der Waals surface area contributed by atoms with Crippen molar-refractivity contribution in [1.29, 1.82) is 0 Å². The Kier molecular flexibility index (Phi) is 4.90. The number of hydrogen-bond donors (Lipinski definition) is 3. The number of nitrogens with two attached hydrogens (primary N) is 2. The summed E-state index contributed by atoms with van der Waals surface area (Å²) in [5.41, 5.74) is 9.27. The highest BCUT2D eigenvalue weighted by atomic mass is 19.1. The summed E-state index contributed by atoms with van der Waals surface area (Å²) in [5.74, 6) is -3.94. The molecule has 0 aromatic heterocycles. The molecule has 0 saturated carbocycles. The molecule has 5 N–H and O–H groups in total. The Bertz CT molecular complexity index is 504. The Morgan fingerprint density at radius 1 is 1.37 bits per heavy atom. The van der Waals surface area contributed by atoms with Crippen LogP contribution in [0.1, 0.15) is 10.4 Å². The molecule has 0 fully saturated rings. The van der Waals surface area contributed by atoms with Crippen LogP contribution in [0.25, 0.3) is 0 Å². The molecule has 1 atom stereocenters. The van der Waals surface area contributed by atoms with Gasteiger partial charge in [0.2, 0.25) is 0 Å². The van der Waals surface area contributed by atoms with Gasteiger partial charge in [-0.2, -0.15) is 0 Å². The molecule has 6 nitrogen and oxygen atoms in total. The molecule has 1 unspecified atom stereocenters. The molecule has 8 heteroatoms. The van der Waals surface area contributed by atoms with Crippen LogP contribution in [-0.2, 0) is 9.53 Å². The maximum atomic E-state index is 13.4. The standard InChI is InChI=1S/C11H13F2N3O3/c1-19-9(4-14)11(18)16-8-2-5(10(15)17)6(12)3-7(8)13/h2-3,9H,4,14H2,1H3,(H2,15,17)(H,16,18).